The van der Waals surface area contributed by atoms with Gasteiger partial charge in [-0.2, -0.15) is 18.2 Å². The Hall–Kier alpha value is -5.18. The van der Waals surface area contributed by atoms with Crippen molar-refractivity contribution in [2.75, 3.05) is 17.0 Å². The number of hydrogen-bond acceptors (Lipinski definition) is 8. The molecule has 6 atom stereocenters. The Bertz CT molecular complexity index is 2380. The minimum Gasteiger partial charge on any atom is -0.508 e. The smallest absolute Gasteiger partial charge is 0.433 e. The van der Waals surface area contributed by atoms with Crippen molar-refractivity contribution in [2.24, 2.45) is 17.8 Å². The van der Waals surface area contributed by atoms with E-state index in [1.54, 1.807) is 6.08 Å². The van der Waals surface area contributed by atoms with Gasteiger partial charge in [0.1, 0.15) is 29.6 Å². The van der Waals surface area contributed by atoms with E-state index in [-0.39, 0.29) is 40.8 Å². The van der Waals surface area contributed by atoms with Crippen LogP contribution in [0, 0.1) is 23.6 Å². The molecule has 1 saturated carbocycles. The molecule has 6 unspecified atom stereocenters. The molecule has 4 aliphatic rings. The summed E-state index contributed by atoms with van der Waals surface area (Å²) in [5.74, 6) is -9.61. The predicted molar refractivity (Wildman–Crippen MR) is 200 cm³/mol. The lowest BCUT2D eigenvalue weighted by Gasteiger charge is -2.50. The largest absolute Gasteiger partial charge is 0.508 e. The summed E-state index contributed by atoms with van der Waals surface area (Å²) in [6.45, 7) is 0.158. The second-order valence-corrected chi connectivity index (χ2v) is 15.9. The number of carbonyl (C=O) groups excluding carboxylic acids is 4. The first-order valence-corrected chi connectivity index (χ1v) is 18.7. The maximum atomic E-state index is 14.7. The molecule has 4 aromatic rings. The van der Waals surface area contributed by atoms with Gasteiger partial charge in [0.25, 0.3) is 23.6 Å². The molecular weight excluding hydrogens is 815 g/mol. The van der Waals surface area contributed by atoms with Gasteiger partial charge in [-0.05, 0) is 66.8 Å². The number of carbonyl (C=O) groups is 4. The summed E-state index contributed by atoms with van der Waals surface area (Å²) in [4.78, 5) is 57.4. The third-order valence-corrected chi connectivity index (χ3v) is 12.9. The lowest BCUT2D eigenvalue weighted by atomic mass is 9.56. The number of aromatic nitrogens is 1. The van der Waals surface area contributed by atoms with E-state index in [4.69, 9.17) is 39.5 Å². The van der Waals surface area contributed by atoms with E-state index < -0.39 is 87.0 Å². The van der Waals surface area contributed by atoms with Gasteiger partial charge < -0.3 is 9.84 Å². The average molecular weight is 844 g/mol. The Morgan fingerprint density at radius 3 is 2.30 bits per heavy atom. The van der Waals surface area contributed by atoms with Crippen molar-refractivity contribution in [1.82, 2.24) is 9.99 Å². The minimum absolute atomic E-state index is 0.0336. The SMILES string of the molecule is CN(c1nc(C(F)(F)F)ccc1Cl)N1C(=O)C2CC=C3C(CC4(Cl)C(=O)N(c5ccc(F)cc5)C(=O)C4(Cl)C3c3ccc(OCc4ccccc4)cc3O)C2C1=O. The summed E-state index contributed by atoms with van der Waals surface area (Å²) in [6, 6.07) is 19.7. The van der Waals surface area contributed by atoms with Crippen LogP contribution in [0.25, 0.3) is 0 Å². The first-order valence-electron chi connectivity index (χ1n) is 17.5. The number of rotatable bonds is 7. The van der Waals surface area contributed by atoms with Crippen LogP contribution in [0.1, 0.15) is 35.6 Å². The number of pyridine rings is 1. The van der Waals surface area contributed by atoms with Gasteiger partial charge >= 0.3 is 6.18 Å². The molecule has 1 N–H and O–H groups in total. The molecule has 8 rings (SSSR count). The maximum Gasteiger partial charge on any atom is 0.433 e. The van der Waals surface area contributed by atoms with Gasteiger partial charge in [0.15, 0.2) is 15.6 Å². The van der Waals surface area contributed by atoms with E-state index >= 15 is 0 Å². The average Bonchev–Trinajstić information content (AvgIpc) is 3.52. The van der Waals surface area contributed by atoms with Crippen LogP contribution < -0.4 is 14.6 Å². The van der Waals surface area contributed by atoms with Crippen molar-refractivity contribution >= 4 is 69.9 Å². The van der Waals surface area contributed by atoms with Gasteiger partial charge in [0, 0.05) is 24.6 Å². The molecule has 1 aromatic heterocycles. The summed E-state index contributed by atoms with van der Waals surface area (Å²) in [5, 5.41) is 12.9. The third kappa shape index (κ3) is 5.94. The van der Waals surface area contributed by atoms with Crippen molar-refractivity contribution in [2.45, 2.75) is 41.3 Å². The fourth-order valence-corrected chi connectivity index (χ4v) is 9.69. The molecule has 57 heavy (non-hydrogen) atoms. The second-order valence-electron chi connectivity index (χ2n) is 14.3. The van der Waals surface area contributed by atoms with Gasteiger partial charge in [-0.15, -0.1) is 23.2 Å². The normalized spacial score (nSPS) is 26.9. The van der Waals surface area contributed by atoms with Crippen molar-refractivity contribution in [3.63, 3.8) is 0 Å². The van der Waals surface area contributed by atoms with Gasteiger partial charge in [-0.1, -0.05) is 59.6 Å². The Morgan fingerprint density at radius 2 is 1.63 bits per heavy atom. The number of alkyl halides is 5. The lowest BCUT2D eigenvalue weighted by molar-refractivity contribution is -0.141. The summed E-state index contributed by atoms with van der Waals surface area (Å²) in [7, 11) is 1.17. The van der Waals surface area contributed by atoms with Crippen molar-refractivity contribution in [3.05, 3.63) is 124 Å². The Labute approximate surface area is 337 Å². The van der Waals surface area contributed by atoms with Crippen molar-refractivity contribution < 1.29 is 46.6 Å². The maximum absolute atomic E-state index is 14.7. The van der Waals surface area contributed by atoms with Gasteiger partial charge in [-0.25, -0.2) is 14.3 Å². The molecule has 4 amide bonds. The van der Waals surface area contributed by atoms with Crippen LogP contribution in [0.3, 0.4) is 0 Å². The van der Waals surface area contributed by atoms with Crippen molar-refractivity contribution in [1.29, 1.82) is 0 Å². The number of amides is 4. The number of fused-ring (bicyclic) bond motifs is 4. The first-order chi connectivity index (χ1) is 27.0. The Balaban J connectivity index is 1.22. The van der Waals surface area contributed by atoms with E-state index in [0.29, 0.717) is 16.6 Å². The number of allylic oxidation sites excluding steroid dienone is 2. The fourth-order valence-electron chi connectivity index (χ4n) is 8.53. The number of phenols is 1. The third-order valence-electron chi connectivity index (χ3n) is 11.2. The zero-order chi connectivity index (χ0) is 40.8. The number of halogens is 7. The molecule has 2 saturated heterocycles. The van der Waals surface area contributed by atoms with E-state index in [0.717, 1.165) is 33.7 Å². The molecule has 17 heteroatoms. The molecule has 0 radical (unpaired) electrons. The standard InChI is InChI=1S/C40H29Cl3F4N4O6/c1-49(33-28(41)15-16-30(48-33)40(45,46)47)51-34(53)26-14-13-24-27(31(26)35(51)54)18-38(42)36(55)50(22-9-7-21(44)8-10-22)37(56)39(38,43)32(24)25-12-11-23(17-29(25)52)57-19-20-5-3-2-4-6-20/h2-13,15-17,26-27,31-32,52H,14,18-19H2,1H3. The molecule has 294 valence electrons. The van der Waals surface area contributed by atoms with E-state index in [2.05, 4.69) is 4.98 Å². The van der Waals surface area contributed by atoms with Gasteiger partial charge in [0.05, 0.1) is 22.5 Å². The van der Waals surface area contributed by atoms with Gasteiger partial charge in [0.2, 0.25) is 0 Å². The molecular formula is C40H29Cl3F4N4O6. The number of nitrogens with zero attached hydrogens (tertiary/aromatic N) is 4. The van der Waals surface area contributed by atoms with Crippen LogP contribution in [-0.2, 0) is 32.0 Å². The number of imide groups is 2. The number of aromatic hydroxyl groups is 1. The first kappa shape index (κ1) is 38.7. The molecule has 3 heterocycles. The summed E-state index contributed by atoms with van der Waals surface area (Å²) < 4.78 is 60.8. The lowest BCUT2D eigenvalue weighted by Crippen LogP contribution is -2.60. The highest BCUT2D eigenvalue weighted by atomic mass is 35.5. The number of anilines is 2. The van der Waals surface area contributed by atoms with Crippen LogP contribution in [0.4, 0.5) is 29.1 Å². The molecule has 2 aliphatic carbocycles. The highest BCUT2D eigenvalue weighted by Gasteiger charge is 2.77. The number of hydrogen-bond donors (Lipinski definition) is 1. The van der Waals surface area contributed by atoms with Crippen LogP contribution in [-0.4, -0.2) is 55.5 Å². The number of phenolic OH excluding ortho intramolecular Hbond substituents is 1. The van der Waals surface area contributed by atoms with Crippen LogP contribution in [0.15, 0.2) is 96.6 Å². The predicted octanol–water partition coefficient (Wildman–Crippen LogP) is 7.79. The van der Waals surface area contributed by atoms with Crippen LogP contribution in [0.2, 0.25) is 5.02 Å². The number of ether oxygens (including phenoxy) is 1. The highest BCUT2D eigenvalue weighted by molar-refractivity contribution is 6.58. The Kier molecular flexibility index (Phi) is 9.32. The molecule has 2 aliphatic heterocycles. The number of hydrazine groups is 1. The summed E-state index contributed by atoms with van der Waals surface area (Å²) in [6.07, 6.45) is -3.77. The van der Waals surface area contributed by atoms with Gasteiger partial charge in [-0.3, -0.25) is 24.2 Å². The van der Waals surface area contributed by atoms with E-state index in [9.17, 15) is 41.8 Å². The minimum atomic E-state index is -4.86. The topological polar surface area (TPSA) is 120 Å². The van der Waals surface area contributed by atoms with Crippen LogP contribution >= 0.6 is 34.8 Å². The quantitative estimate of drug-likeness (QED) is 0.0867. The second kappa shape index (κ2) is 13.7. The summed E-state index contributed by atoms with van der Waals surface area (Å²) >= 11 is 21.1. The monoisotopic (exact) mass is 842 g/mol. The molecule has 10 nitrogen and oxygen atoms in total. The number of benzene rings is 3. The zero-order valence-corrected chi connectivity index (χ0v) is 31.8. The molecule has 3 aromatic carbocycles. The van der Waals surface area contributed by atoms with E-state index in [1.165, 1.54) is 37.4 Å². The fraction of sp³-hybridized carbons (Fsp3) is 0.275. The highest BCUT2D eigenvalue weighted by Crippen LogP contribution is 2.66. The summed E-state index contributed by atoms with van der Waals surface area (Å²) in [5.41, 5.74) is -0.0997. The Morgan fingerprint density at radius 1 is 0.930 bits per heavy atom. The van der Waals surface area contributed by atoms with Crippen molar-refractivity contribution in [3.8, 4) is 11.5 Å². The zero-order valence-electron chi connectivity index (χ0n) is 29.5. The van der Waals surface area contributed by atoms with E-state index in [1.807, 2.05) is 30.3 Å². The van der Waals surface area contributed by atoms with Crippen LogP contribution in [0.5, 0.6) is 11.5 Å². The molecule has 0 bridgehead atoms. The molecule has 0 spiro atoms. The molecule has 3 fully saturated rings.